The molecule has 4 aromatic rings. The largest absolute Gasteiger partial charge is 0.454 e. The fourth-order valence-electron chi connectivity index (χ4n) is 3.37. The van der Waals surface area contributed by atoms with Gasteiger partial charge in [0.05, 0.1) is 17.6 Å². The lowest BCUT2D eigenvalue weighted by molar-refractivity contribution is 0.174. The van der Waals surface area contributed by atoms with Gasteiger partial charge in [0.2, 0.25) is 12.7 Å². The first kappa shape index (κ1) is 16.6. The van der Waals surface area contributed by atoms with Crippen LogP contribution in [0.2, 0.25) is 0 Å². The minimum Gasteiger partial charge on any atom is -0.454 e. The number of rotatable bonds is 5. The molecule has 140 valence electrons. The summed E-state index contributed by atoms with van der Waals surface area (Å²) in [6.45, 7) is 1.47. The van der Waals surface area contributed by atoms with Crippen molar-refractivity contribution in [2.24, 2.45) is 0 Å². The highest BCUT2D eigenvalue weighted by atomic mass is 19.1. The van der Waals surface area contributed by atoms with E-state index in [0.29, 0.717) is 13.1 Å². The minimum atomic E-state index is -0.236. The maximum atomic E-state index is 13.3. The normalized spacial score (nSPS) is 12.5. The van der Waals surface area contributed by atoms with Crippen molar-refractivity contribution >= 4 is 17.0 Å². The number of halogens is 1. The first-order valence-corrected chi connectivity index (χ1v) is 9.08. The van der Waals surface area contributed by atoms with Gasteiger partial charge in [0.1, 0.15) is 5.82 Å². The second kappa shape index (κ2) is 6.88. The van der Waals surface area contributed by atoms with E-state index in [-0.39, 0.29) is 12.6 Å². The molecule has 0 aliphatic carbocycles. The Labute approximate surface area is 161 Å². The van der Waals surface area contributed by atoms with E-state index < -0.39 is 0 Å². The van der Waals surface area contributed by atoms with Gasteiger partial charge in [-0.2, -0.15) is 0 Å². The molecule has 5 rings (SSSR count). The van der Waals surface area contributed by atoms with Crippen molar-refractivity contribution in [1.82, 2.24) is 9.55 Å². The molecule has 0 unspecified atom stereocenters. The highest BCUT2D eigenvalue weighted by Crippen LogP contribution is 2.32. The Morgan fingerprint density at radius 2 is 1.71 bits per heavy atom. The van der Waals surface area contributed by atoms with Crippen LogP contribution in [-0.4, -0.2) is 16.3 Å². The molecule has 0 bridgehead atoms. The van der Waals surface area contributed by atoms with Crippen LogP contribution in [0.4, 0.5) is 10.3 Å². The lowest BCUT2D eigenvalue weighted by Crippen LogP contribution is -2.08. The summed E-state index contributed by atoms with van der Waals surface area (Å²) in [4.78, 5) is 4.74. The maximum absolute atomic E-state index is 13.3. The molecule has 0 saturated heterocycles. The molecule has 0 fully saturated rings. The third-order valence-electron chi connectivity index (χ3n) is 4.80. The highest BCUT2D eigenvalue weighted by Gasteiger charge is 2.14. The van der Waals surface area contributed by atoms with Crippen LogP contribution in [0, 0.1) is 5.82 Å². The fraction of sp³-hybridized carbons (Fsp3) is 0.136. The second-order valence-corrected chi connectivity index (χ2v) is 6.68. The van der Waals surface area contributed by atoms with E-state index >= 15 is 0 Å². The third-order valence-corrected chi connectivity index (χ3v) is 4.80. The molecule has 1 aliphatic heterocycles. The van der Waals surface area contributed by atoms with Gasteiger partial charge in [-0.25, -0.2) is 9.37 Å². The number of aromatic nitrogens is 2. The van der Waals surface area contributed by atoms with E-state index in [1.165, 1.54) is 12.1 Å². The predicted molar refractivity (Wildman–Crippen MR) is 105 cm³/mol. The molecule has 1 aromatic heterocycles. The summed E-state index contributed by atoms with van der Waals surface area (Å²) in [5, 5.41) is 3.42. The Bertz CT molecular complexity index is 1140. The molecule has 5 nitrogen and oxygen atoms in total. The molecular formula is C22H18FN3O2. The average molecular weight is 375 g/mol. The van der Waals surface area contributed by atoms with Crippen LogP contribution in [0.25, 0.3) is 11.0 Å². The van der Waals surface area contributed by atoms with Crippen LogP contribution in [-0.2, 0) is 13.1 Å². The molecule has 6 heteroatoms. The lowest BCUT2D eigenvalue weighted by Gasteiger charge is -2.11. The van der Waals surface area contributed by atoms with E-state index in [1.54, 1.807) is 12.1 Å². The number of nitrogens with one attached hydrogen (secondary N) is 1. The number of nitrogens with zero attached hydrogens (tertiary/aromatic N) is 2. The van der Waals surface area contributed by atoms with Gasteiger partial charge in [-0.05, 0) is 47.5 Å². The van der Waals surface area contributed by atoms with Gasteiger partial charge in [-0.1, -0.05) is 30.3 Å². The Hall–Kier alpha value is -3.54. The molecule has 3 aromatic carbocycles. The monoisotopic (exact) mass is 375 g/mol. The van der Waals surface area contributed by atoms with Crippen molar-refractivity contribution in [3.8, 4) is 11.5 Å². The van der Waals surface area contributed by atoms with Gasteiger partial charge in [-0.15, -0.1) is 0 Å². The zero-order chi connectivity index (χ0) is 18.9. The van der Waals surface area contributed by atoms with Crippen LogP contribution in [0.15, 0.2) is 66.7 Å². The summed E-state index contributed by atoms with van der Waals surface area (Å²) in [5.74, 6) is 2.06. The van der Waals surface area contributed by atoms with Gasteiger partial charge < -0.3 is 19.4 Å². The van der Waals surface area contributed by atoms with E-state index in [9.17, 15) is 4.39 Å². The van der Waals surface area contributed by atoms with Crippen LogP contribution < -0.4 is 14.8 Å². The average Bonchev–Trinajstić information content (AvgIpc) is 3.32. The molecule has 0 atom stereocenters. The van der Waals surface area contributed by atoms with Gasteiger partial charge in [0.25, 0.3) is 0 Å². The second-order valence-electron chi connectivity index (χ2n) is 6.68. The Morgan fingerprint density at radius 3 is 2.61 bits per heavy atom. The number of hydrogen-bond donors (Lipinski definition) is 1. The van der Waals surface area contributed by atoms with Crippen LogP contribution in [0.5, 0.6) is 11.5 Å². The molecule has 0 radical (unpaired) electrons. The van der Waals surface area contributed by atoms with E-state index in [1.807, 2.05) is 42.5 Å². The van der Waals surface area contributed by atoms with Gasteiger partial charge >= 0.3 is 0 Å². The van der Waals surface area contributed by atoms with Crippen molar-refractivity contribution in [2.75, 3.05) is 12.1 Å². The summed E-state index contributed by atoms with van der Waals surface area (Å²) in [6, 6.07) is 20.4. The maximum Gasteiger partial charge on any atom is 0.231 e. The topological polar surface area (TPSA) is 48.3 Å². The van der Waals surface area contributed by atoms with Crippen molar-refractivity contribution in [3.63, 3.8) is 0 Å². The third kappa shape index (κ3) is 3.13. The predicted octanol–water partition coefficient (Wildman–Crippen LogP) is 4.56. The first-order chi connectivity index (χ1) is 13.8. The Kier molecular flexibility index (Phi) is 4.09. The quantitative estimate of drug-likeness (QED) is 0.555. The molecule has 28 heavy (non-hydrogen) atoms. The molecule has 2 heterocycles. The molecular weight excluding hydrogens is 357 g/mol. The van der Waals surface area contributed by atoms with Crippen LogP contribution >= 0.6 is 0 Å². The van der Waals surface area contributed by atoms with Crippen LogP contribution in [0.3, 0.4) is 0 Å². The number of anilines is 1. The smallest absolute Gasteiger partial charge is 0.231 e. The van der Waals surface area contributed by atoms with Crippen molar-refractivity contribution < 1.29 is 13.9 Å². The molecule has 1 aliphatic rings. The summed E-state index contributed by atoms with van der Waals surface area (Å²) in [7, 11) is 0. The first-order valence-electron chi connectivity index (χ1n) is 9.08. The van der Waals surface area contributed by atoms with Crippen molar-refractivity contribution in [1.29, 1.82) is 0 Å². The summed E-state index contributed by atoms with van der Waals surface area (Å²) < 4.78 is 26.2. The fourth-order valence-corrected chi connectivity index (χ4v) is 3.37. The molecule has 0 saturated carbocycles. The number of ether oxygens (including phenoxy) is 2. The van der Waals surface area contributed by atoms with E-state index in [2.05, 4.69) is 9.88 Å². The number of hydrogen-bond acceptors (Lipinski definition) is 4. The highest BCUT2D eigenvalue weighted by molar-refractivity contribution is 5.78. The van der Waals surface area contributed by atoms with E-state index in [0.717, 1.165) is 39.6 Å². The van der Waals surface area contributed by atoms with Gasteiger partial charge in [0, 0.05) is 6.54 Å². The minimum absolute atomic E-state index is 0.236. The van der Waals surface area contributed by atoms with E-state index in [4.69, 9.17) is 14.5 Å². The van der Waals surface area contributed by atoms with Crippen molar-refractivity contribution in [3.05, 3.63) is 83.7 Å². The standard InChI is InChI=1S/C22H18FN3O2/c23-17-8-5-15(6-9-17)13-26-19-4-2-1-3-18(19)25-22(26)24-12-16-7-10-20-21(11-16)28-14-27-20/h1-11H,12-14H2,(H,24,25). The number of imidazole rings is 1. The lowest BCUT2D eigenvalue weighted by atomic mass is 10.2. The van der Waals surface area contributed by atoms with Crippen molar-refractivity contribution in [2.45, 2.75) is 13.1 Å². The summed E-state index contributed by atoms with van der Waals surface area (Å²) >= 11 is 0. The number of para-hydroxylation sites is 2. The summed E-state index contributed by atoms with van der Waals surface area (Å²) in [6.07, 6.45) is 0. The van der Waals surface area contributed by atoms with Gasteiger partial charge in [0.15, 0.2) is 11.5 Å². The van der Waals surface area contributed by atoms with Gasteiger partial charge in [-0.3, -0.25) is 0 Å². The Morgan fingerprint density at radius 1 is 0.929 bits per heavy atom. The Balaban J connectivity index is 1.44. The number of benzene rings is 3. The molecule has 0 amide bonds. The zero-order valence-electron chi connectivity index (χ0n) is 15.1. The molecule has 0 spiro atoms. The zero-order valence-corrected chi connectivity index (χ0v) is 15.1. The summed E-state index contributed by atoms with van der Waals surface area (Å²) in [5.41, 5.74) is 4.03. The molecule has 1 N–H and O–H groups in total. The SMILES string of the molecule is Fc1ccc(Cn2c(NCc3ccc4c(c3)OCO4)nc3ccccc32)cc1. The number of fused-ring (bicyclic) bond motifs is 2. The van der Waals surface area contributed by atoms with Crippen LogP contribution in [0.1, 0.15) is 11.1 Å².